The molecule has 0 bridgehead atoms. The first-order chi connectivity index (χ1) is 8.17. The highest BCUT2D eigenvalue weighted by molar-refractivity contribution is 5.87. The highest BCUT2D eigenvalue weighted by Gasteiger charge is 2.14. The summed E-state index contributed by atoms with van der Waals surface area (Å²) in [4.78, 5) is 11.7. The van der Waals surface area contributed by atoms with Gasteiger partial charge in [0.2, 0.25) is 0 Å². The SMILES string of the molecule is CCC(=O)C(C)n1ccc2ccc(C#N)cc21. The van der Waals surface area contributed by atoms with Gasteiger partial charge in [-0.1, -0.05) is 13.0 Å². The summed E-state index contributed by atoms with van der Waals surface area (Å²) in [7, 11) is 0. The summed E-state index contributed by atoms with van der Waals surface area (Å²) in [6.07, 6.45) is 2.43. The molecule has 0 radical (unpaired) electrons. The quantitative estimate of drug-likeness (QED) is 0.807. The van der Waals surface area contributed by atoms with Crippen LogP contribution in [0.15, 0.2) is 30.5 Å². The van der Waals surface area contributed by atoms with Crippen LogP contribution < -0.4 is 0 Å². The molecule has 0 aliphatic heterocycles. The Morgan fingerprint density at radius 1 is 1.47 bits per heavy atom. The number of aromatic nitrogens is 1. The number of nitriles is 1. The maximum absolute atomic E-state index is 11.7. The van der Waals surface area contributed by atoms with E-state index in [0.717, 1.165) is 10.9 Å². The van der Waals surface area contributed by atoms with Crippen molar-refractivity contribution < 1.29 is 4.79 Å². The number of carbonyl (C=O) groups is 1. The number of carbonyl (C=O) groups excluding carboxylic acids is 1. The second kappa shape index (κ2) is 4.42. The van der Waals surface area contributed by atoms with E-state index in [1.807, 2.05) is 42.8 Å². The number of Topliss-reactive ketones (excluding diaryl/α,β-unsaturated/α-hetero) is 1. The van der Waals surface area contributed by atoms with Gasteiger partial charge in [-0.15, -0.1) is 0 Å². The second-order valence-corrected chi connectivity index (χ2v) is 4.10. The summed E-state index contributed by atoms with van der Waals surface area (Å²) in [6, 6.07) is 9.44. The molecule has 0 N–H and O–H groups in total. The molecule has 3 heteroatoms. The topological polar surface area (TPSA) is 45.8 Å². The lowest BCUT2D eigenvalue weighted by atomic mass is 10.1. The van der Waals surface area contributed by atoms with Crippen LogP contribution in [0.5, 0.6) is 0 Å². The third kappa shape index (κ3) is 1.94. The molecule has 0 aliphatic carbocycles. The smallest absolute Gasteiger partial charge is 0.155 e. The zero-order valence-electron chi connectivity index (χ0n) is 9.97. The molecule has 1 aromatic heterocycles. The summed E-state index contributed by atoms with van der Waals surface area (Å²) in [5.74, 6) is 0.199. The first-order valence-corrected chi connectivity index (χ1v) is 5.70. The van der Waals surface area contributed by atoms with Crippen LogP contribution in [-0.4, -0.2) is 10.4 Å². The van der Waals surface area contributed by atoms with Gasteiger partial charge in [-0.05, 0) is 30.5 Å². The Morgan fingerprint density at radius 3 is 2.88 bits per heavy atom. The Hall–Kier alpha value is -2.08. The van der Waals surface area contributed by atoms with Gasteiger partial charge in [0.25, 0.3) is 0 Å². The molecule has 1 aromatic carbocycles. The number of fused-ring (bicyclic) bond motifs is 1. The molecule has 1 heterocycles. The molecular weight excluding hydrogens is 212 g/mol. The van der Waals surface area contributed by atoms with Crippen molar-refractivity contribution >= 4 is 16.7 Å². The van der Waals surface area contributed by atoms with E-state index in [1.54, 1.807) is 6.07 Å². The Morgan fingerprint density at radius 2 is 2.24 bits per heavy atom. The van der Waals surface area contributed by atoms with Crippen molar-refractivity contribution in [3.05, 3.63) is 36.0 Å². The summed E-state index contributed by atoms with van der Waals surface area (Å²) in [6.45, 7) is 3.76. The van der Waals surface area contributed by atoms with Crippen molar-refractivity contribution in [1.82, 2.24) is 4.57 Å². The van der Waals surface area contributed by atoms with Crippen LogP contribution in [0.3, 0.4) is 0 Å². The Bertz CT molecular complexity index is 604. The lowest BCUT2D eigenvalue weighted by Gasteiger charge is -2.13. The highest BCUT2D eigenvalue weighted by atomic mass is 16.1. The number of hydrogen-bond donors (Lipinski definition) is 0. The number of benzene rings is 1. The van der Waals surface area contributed by atoms with E-state index in [4.69, 9.17) is 5.26 Å². The van der Waals surface area contributed by atoms with E-state index in [1.165, 1.54) is 0 Å². The molecule has 1 atom stereocenters. The van der Waals surface area contributed by atoms with Crippen LogP contribution in [0.2, 0.25) is 0 Å². The average Bonchev–Trinajstić information content (AvgIpc) is 2.79. The molecule has 0 fully saturated rings. The van der Waals surface area contributed by atoms with Gasteiger partial charge in [0, 0.05) is 18.1 Å². The second-order valence-electron chi connectivity index (χ2n) is 4.10. The maximum atomic E-state index is 11.7. The minimum absolute atomic E-state index is 0.175. The third-order valence-corrected chi connectivity index (χ3v) is 3.08. The summed E-state index contributed by atoms with van der Waals surface area (Å²) < 4.78 is 1.93. The van der Waals surface area contributed by atoms with Gasteiger partial charge in [-0.2, -0.15) is 5.26 Å². The first kappa shape index (κ1) is 11.4. The van der Waals surface area contributed by atoms with E-state index >= 15 is 0 Å². The lowest BCUT2D eigenvalue weighted by Crippen LogP contribution is -2.14. The first-order valence-electron chi connectivity index (χ1n) is 5.70. The van der Waals surface area contributed by atoms with Crippen molar-refractivity contribution in [3.63, 3.8) is 0 Å². The van der Waals surface area contributed by atoms with Crippen LogP contribution in [-0.2, 0) is 4.79 Å². The molecule has 0 saturated heterocycles. The van der Waals surface area contributed by atoms with Crippen molar-refractivity contribution in [2.75, 3.05) is 0 Å². The fraction of sp³-hybridized carbons (Fsp3) is 0.286. The zero-order chi connectivity index (χ0) is 12.4. The predicted molar refractivity (Wildman–Crippen MR) is 66.7 cm³/mol. The van der Waals surface area contributed by atoms with Crippen LogP contribution in [0.4, 0.5) is 0 Å². The molecule has 2 rings (SSSR count). The van der Waals surface area contributed by atoms with Gasteiger partial charge < -0.3 is 4.57 Å². The molecular formula is C14H14N2O. The van der Waals surface area contributed by atoms with Gasteiger partial charge in [0.1, 0.15) is 0 Å². The van der Waals surface area contributed by atoms with Crippen LogP contribution in [0.25, 0.3) is 10.9 Å². The monoisotopic (exact) mass is 226 g/mol. The Kier molecular flexibility index (Phi) is 2.97. The highest BCUT2D eigenvalue weighted by Crippen LogP contribution is 2.22. The summed E-state index contributed by atoms with van der Waals surface area (Å²) in [5, 5.41) is 9.95. The van der Waals surface area contributed by atoms with E-state index in [2.05, 4.69) is 6.07 Å². The van der Waals surface area contributed by atoms with Gasteiger partial charge in [-0.3, -0.25) is 4.79 Å². The number of rotatable bonds is 3. The van der Waals surface area contributed by atoms with Gasteiger partial charge in [0.05, 0.1) is 17.7 Å². The lowest BCUT2D eigenvalue weighted by molar-refractivity contribution is -0.121. The standard InChI is InChI=1S/C14H14N2O/c1-3-14(17)10(2)16-7-6-12-5-4-11(9-15)8-13(12)16/h4-8,10H,3H2,1-2H3. The van der Waals surface area contributed by atoms with Crippen LogP contribution >= 0.6 is 0 Å². The van der Waals surface area contributed by atoms with Gasteiger partial charge in [-0.25, -0.2) is 0 Å². The molecule has 0 amide bonds. The van der Waals surface area contributed by atoms with Crippen LogP contribution in [0.1, 0.15) is 31.9 Å². The van der Waals surface area contributed by atoms with Crippen molar-refractivity contribution in [1.29, 1.82) is 5.26 Å². The number of hydrogen-bond acceptors (Lipinski definition) is 2. The number of ketones is 1. The van der Waals surface area contributed by atoms with E-state index in [-0.39, 0.29) is 11.8 Å². The van der Waals surface area contributed by atoms with Crippen molar-refractivity contribution in [2.24, 2.45) is 0 Å². The Balaban J connectivity index is 2.55. The largest absolute Gasteiger partial charge is 0.337 e. The Labute approximate surface area is 100 Å². The maximum Gasteiger partial charge on any atom is 0.155 e. The molecule has 17 heavy (non-hydrogen) atoms. The van der Waals surface area contributed by atoms with Crippen molar-refractivity contribution in [2.45, 2.75) is 26.3 Å². The molecule has 2 aromatic rings. The third-order valence-electron chi connectivity index (χ3n) is 3.08. The molecule has 1 unspecified atom stereocenters. The molecule has 0 aliphatic rings. The fourth-order valence-corrected chi connectivity index (χ4v) is 2.01. The van der Waals surface area contributed by atoms with E-state index in [0.29, 0.717) is 12.0 Å². The van der Waals surface area contributed by atoms with E-state index in [9.17, 15) is 4.79 Å². The molecule has 3 nitrogen and oxygen atoms in total. The van der Waals surface area contributed by atoms with E-state index < -0.39 is 0 Å². The minimum atomic E-state index is -0.175. The molecule has 0 saturated carbocycles. The van der Waals surface area contributed by atoms with Gasteiger partial charge in [0.15, 0.2) is 5.78 Å². The fourth-order valence-electron chi connectivity index (χ4n) is 2.01. The van der Waals surface area contributed by atoms with Crippen molar-refractivity contribution in [3.8, 4) is 6.07 Å². The minimum Gasteiger partial charge on any atom is -0.337 e. The average molecular weight is 226 g/mol. The normalized spacial score (nSPS) is 12.3. The number of nitrogens with zero attached hydrogens (tertiary/aromatic N) is 2. The van der Waals surface area contributed by atoms with Crippen LogP contribution in [0, 0.1) is 11.3 Å². The molecule has 0 spiro atoms. The summed E-state index contributed by atoms with van der Waals surface area (Å²) >= 11 is 0. The van der Waals surface area contributed by atoms with Gasteiger partial charge >= 0.3 is 0 Å². The summed E-state index contributed by atoms with van der Waals surface area (Å²) in [5.41, 5.74) is 1.56. The predicted octanol–water partition coefficient (Wildman–Crippen LogP) is 3.05. The molecule has 86 valence electrons. The zero-order valence-corrected chi connectivity index (χ0v) is 9.97.